The predicted octanol–water partition coefficient (Wildman–Crippen LogP) is 4.73. The lowest BCUT2D eigenvalue weighted by Crippen LogP contribution is -1.94. The molecule has 1 heterocycles. The number of Topliss-reactive ketones (excluding diaryl/α,β-unsaturated/α-hetero) is 1. The molecule has 18 heavy (non-hydrogen) atoms. The van der Waals surface area contributed by atoms with E-state index in [1.54, 1.807) is 6.92 Å². The van der Waals surface area contributed by atoms with Crippen molar-refractivity contribution in [3.05, 3.63) is 43.0 Å². The highest BCUT2D eigenvalue weighted by Crippen LogP contribution is 2.30. The van der Waals surface area contributed by atoms with Gasteiger partial charge in [-0.25, -0.2) is 0 Å². The highest BCUT2D eigenvalue weighted by molar-refractivity contribution is 14.1. The van der Waals surface area contributed by atoms with Crippen molar-refractivity contribution < 1.29 is 4.79 Å². The fraction of sp³-hybridized carbons (Fsp3) is 0.0714. The van der Waals surface area contributed by atoms with Crippen LogP contribution in [0, 0.1) is 7.14 Å². The number of aromatic amines is 1. The number of rotatable bonds is 1. The molecule has 0 aliphatic rings. The van der Waals surface area contributed by atoms with Crippen LogP contribution in [0.15, 0.2) is 30.3 Å². The third-order valence-corrected chi connectivity index (χ3v) is 4.31. The second-order valence-electron chi connectivity index (χ2n) is 4.25. The molecule has 0 saturated heterocycles. The average Bonchev–Trinajstić information content (AvgIpc) is 2.66. The lowest BCUT2D eigenvalue weighted by Gasteiger charge is -2.00. The van der Waals surface area contributed by atoms with Crippen LogP contribution in [0.1, 0.15) is 17.3 Å². The molecule has 1 N–H and O–H groups in total. The van der Waals surface area contributed by atoms with Gasteiger partial charge >= 0.3 is 0 Å². The van der Waals surface area contributed by atoms with E-state index in [0.29, 0.717) is 0 Å². The molecule has 0 aliphatic carbocycles. The topological polar surface area (TPSA) is 32.9 Å². The molecular weight excluding hydrogens is 452 g/mol. The molecule has 90 valence electrons. The summed E-state index contributed by atoms with van der Waals surface area (Å²) in [6.07, 6.45) is 0. The number of fused-ring (bicyclic) bond motifs is 3. The van der Waals surface area contributed by atoms with E-state index in [0.717, 1.165) is 25.6 Å². The SMILES string of the molecule is CC(=O)c1cc(I)cc2c1[nH]c1ccc(I)cc12. The molecule has 0 saturated carbocycles. The molecule has 2 aromatic carbocycles. The van der Waals surface area contributed by atoms with Gasteiger partial charge in [0.25, 0.3) is 0 Å². The zero-order valence-corrected chi connectivity index (χ0v) is 13.9. The Morgan fingerprint density at radius 1 is 1.06 bits per heavy atom. The Balaban J connectivity index is 2.54. The monoisotopic (exact) mass is 461 g/mol. The molecule has 0 aliphatic heterocycles. The number of H-pyrrole nitrogens is 1. The number of carbonyl (C=O) groups is 1. The third kappa shape index (κ3) is 1.95. The summed E-state index contributed by atoms with van der Waals surface area (Å²) >= 11 is 4.56. The Bertz CT molecular complexity index is 789. The van der Waals surface area contributed by atoms with Crippen molar-refractivity contribution in [1.29, 1.82) is 0 Å². The Kier molecular flexibility index (Phi) is 3.09. The quantitative estimate of drug-likeness (QED) is 0.413. The van der Waals surface area contributed by atoms with Crippen molar-refractivity contribution in [1.82, 2.24) is 4.98 Å². The number of aromatic nitrogens is 1. The van der Waals surface area contributed by atoms with Crippen LogP contribution in [0.4, 0.5) is 0 Å². The molecule has 3 aromatic rings. The number of hydrogen-bond acceptors (Lipinski definition) is 1. The molecule has 0 bridgehead atoms. The minimum absolute atomic E-state index is 0.0970. The number of carbonyl (C=O) groups excluding carboxylic acids is 1. The van der Waals surface area contributed by atoms with Crippen LogP contribution in [0.3, 0.4) is 0 Å². The first kappa shape index (κ1) is 12.4. The van der Waals surface area contributed by atoms with Crippen LogP contribution in [0.5, 0.6) is 0 Å². The lowest BCUT2D eigenvalue weighted by atomic mass is 10.1. The smallest absolute Gasteiger partial charge is 0.161 e. The van der Waals surface area contributed by atoms with E-state index < -0.39 is 0 Å². The predicted molar refractivity (Wildman–Crippen MR) is 91.2 cm³/mol. The molecule has 0 unspecified atom stereocenters. The largest absolute Gasteiger partial charge is 0.354 e. The van der Waals surface area contributed by atoms with E-state index >= 15 is 0 Å². The molecule has 0 radical (unpaired) electrons. The van der Waals surface area contributed by atoms with Crippen molar-refractivity contribution in [2.75, 3.05) is 0 Å². The summed E-state index contributed by atoms with van der Waals surface area (Å²) in [7, 11) is 0. The molecule has 1 aromatic heterocycles. The van der Waals surface area contributed by atoms with Gasteiger partial charge in [-0.15, -0.1) is 0 Å². The van der Waals surface area contributed by atoms with Gasteiger partial charge in [0, 0.05) is 29.0 Å². The fourth-order valence-electron chi connectivity index (χ4n) is 2.21. The van der Waals surface area contributed by atoms with Gasteiger partial charge < -0.3 is 4.98 Å². The number of nitrogens with one attached hydrogen (secondary N) is 1. The van der Waals surface area contributed by atoms with E-state index in [1.807, 2.05) is 6.07 Å². The third-order valence-electron chi connectivity index (χ3n) is 3.01. The van der Waals surface area contributed by atoms with E-state index in [4.69, 9.17) is 0 Å². The van der Waals surface area contributed by atoms with Gasteiger partial charge in [-0.3, -0.25) is 4.79 Å². The minimum Gasteiger partial charge on any atom is -0.354 e. The van der Waals surface area contributed by atoms with E-state index in [-0.39, 0.29) is 5.78 Å². The van der Waals surface area contributed by atoms with Crippen LogP contribution in [-0.2, 0) is 0 Å². The van der Waals surface area contributed by atoms with Gasteiger partial charge in [-0.05, 0) is 82.4 Å². The highest BCUT2D eigenvalue weighted by atomic mass is 127. The summed E-state index contributed by atoms with van der Waals surface area (Å²) in [5.74, 6) is 0.0970. The van der Waals surface area contributed by atoms with Crippen molar-refractivity contribution in [3.8, 4) is 0 Å². The van der Waals surface area contributed by atoms with E-state index in [9.17, 15) is 4.79 Å². The Morgan fingerprint density at radius 2 is 1.78 bits per heavy atom. The summed E-state index contributed by atoms with van der Waals surface area (Å²) in [5, 5.41) is 2.30. The number of benzene rings is 2. The maximum absolute atomic E-state index is 11.7. The molecule has 3 rings (SSSR count). The van der Waals surface area contributed by atoms with Crippen molar-refractivity contribution in [2.24, 2.45) is 0 Å². The number of halogens is 2. The fourth-order valence-corrected chi connectivity index (χ4v) is 3.33. The first-order valence-corrected chi connectivity index (χ1v) is 7.63. The molecule has 0 atom stereocenters. The molecular formula is C14H9I2NO. The maximum atomic E-state index is 11.7. The zero-order valence-electron chi connectivity index (χ0n) is 9.55. The number of ketones is 1. The standard InChI is InChI=1S/C14H9I2NO/c1-7(18)10-5-9(16)6-12-11-4-8(15)2-3-13(11)17-14(10)12/h2-6,17H,1H3. The molecule has 4 heteroatoms. The van der Waals surface area contributed by atoms with E-state index in [2.05, 4.69) is 74.4 Å². The van der Waals surface area contributed by atoms with Gasteiger partial charge in [-0.1, -0.05) is 0 Å². The summed E-state index contributed by atoms with van der Waals surface area (Å²) in [4.78, 5) is 15.1. The zero-order chi connectivity index (χ0) is 12.9. The Morgan fingerprint density at radius 3 is 2.50 bits per heavy atom. The van der Waals surface area contributed by atoms with Gasteiger partial charge in [-0.2, -0.15) is 0 Å². The van der Waals surface area contributed by atoms with Gasteiger partial charge in [0.15, 0.2) is 5.78 Å². The molecule has 0 fully saturated rings. The first-order chi connectivity index (χ1) is 8.56. The van der Waals surface area contributed by atoms with Crippen LogP contribution in [0.2, 0.25) is 0 Å². The van der Waals surface area contributed by atoms with Crippen LogP contribution in [-0.4, -0.2) is 10.8 Å². The summed E-state index contributed by atoms with van der Waals surface area (Å²) in [5.41, 5.74) is 2.79. The summed E-state index contributed by atoms with van der Waals surface area (Å²) < 4.78 is 2.29. The van der Waals surface area contributed by atoms with E-state index in [1.165, 1.54) is 8.96 Å². The summed E-state index contributed by atoms with van der Waals surface area (Å²) in [6.45, 7) is 1.61. The van der Waals surface area contributed by atoms with Crippen molar-refractivity contribution in [3.63, 3.8) is 0 Å². The van der Waals surface area contributed by atoms with Crippen LogP contribution in [0.25, 0.3) is 21.8 Å². The molecule has 0 amide bonds. The maximum Gasteiger partial charge on any atom is 0.161 e. The number of hydrogen-bond donors (Lipinski definition) is 1. The van der Waals surface area contributed by atoms with Gasteiger partial charge in [0.2, 0.25) is 0 Å². The second kappa shape index (κ2) is 4.48. The Hall–Kier alpha value is -0.630. The average molecular weight is 461 g/mol. The van der Waals surface area contributed by atoms with Crippen molar-refractivity contribution >= 4 is 72.8 Å². The lowest BCUT2D eigenvalue weighted by molar-refractivity contribution is 0.101. The first-order valence-electron chi connectivity index (χ1n) is 5.47. The normalized spacial score (nSPS) is 11.3. The second-order valence-corrected chi connectivity index (χ2v) is 6.74. The van der Waals surface area contributed by atoms with Crippen LogP contribution >= 0.6 is 45.2 Å². The van der Waals surface area contributed by atoms with Crippen molar-refractivity contribution in [2.45, 2.75) is 6.92 Å². The minimum atomic E-state index is 0.0970. The van der Waals surface area contributed by atoms with Crippen LogP contribution < -0.4 is 0 Å². The van der Waals surface area contributed by atoms with Gasteiger partial charge in [0.05, 0.1) is 5.52 Å². The summed E-state index contributed by atoms with van der Waals surface area (Å²) in [6, 6.07) is 10.3. The highest BCUT2D eigenvalue weighted by Gasteiger charge is 2.12. The molecule has 2 nitrogen and oxygen atoms in total. The van der Waals surface area contributed by atoms with Gasteiger partial charge in [0.1, 0.15) is 0 Å². The molecule has 0 spiro atoms. The Labute approximate surface area is 131 Å².